The third kappa shape index (κ3) is 4.11. The van der Waals surface area contributed by atoms with Crippen LogP contribution in [-0.2, 0) is 24.0 Å². The maximum atomic E-state index is 12.8. The van der Waals surface area contributed by atoms with E-state index in [2.05, 4.69) is 26.7 Å². The second-order valence-corrected chi connectivity index (χ2v) is 8.06. The summed E-state index contributed by atoms with van der Waals surface area (Å²) in [6.45, 7) is -0.208. The first-order valence-electron chi connectivity index (χ1n) is 8.06. The first-order valence-corrected chi connectivity index (χ1v) is 10.4. The summed E-state index contributed by atoms with van der Waals surface area (Å²) in [5.74, 6) is -0.363. The number of carbonyl (C=O) groups is 4. The lowest BCUT2D eigenvalue weighted by molar-refractivity contribution is -0.150. The number of amides is 3. The zero-order valence-corrected chi connectivity index (χ0v) is 17.2. The van der Waals surface area contributed by atoms with Gasteiger partial charge in [-0.3, -0.25) is 19.3 Å². The number of aliphatic carboxylic acids is 1. The fourth-order valence-electron chi connectivity index (χ4n) is 2.63. The van der Waals surface area contributed by atoms with Crippen LogP contribution in [0, 0.1) is 12.3 Å². The van der Waals surface area contributed by atoms with Crippen molar-refractivity contribution in [3.63, 3.8) is 0 Å². The molecule has 3 heterocycles. The van der Waals surface area contributed by atoms with E-state index in [4.69, 9.17) is 22.9 Å². The number of fused-ring (bicyclic) bond motifs is 1. The van der Waals surface area contributed by atoms with E-state index in [1.807, 2.05) is 0 Å². The van der Waals surface area contributed by atoms with E-state index < -0.39 is 29.2 Å². The van der Waals surface area contributed by atoms with E-state index >= 15 is 0 Å². The van der Waals surface area contributed by atoms with Gasteiger partial charge in [-0.25, -0.2) is 9.78 Å². The highest BCUT2D eigenvalue weighted by Gasteiger charge is 2.54. The Bertz CT molecular complexity index is 1020. The van der Waals surface area contributed by atoms with Crippen LogP contribution in [0.1, 0.15) is 5.69 Å². The molecular weight excluding hydrogens is 458 g/mol. The average Bonchev–Trinajstić information content (AvgIpc) is 3.17. The first kappa shape index (κ1) is 21.6. The second-order valence-electron chi connectivity index (χ2n) is 5.64. The average molecular weight is 470 g/mol. The molecule has 3 N–H and O–H groups in total. The molecule has 2 aliphatic rings. The van der Waals surface area contributed by atoms with Crippen LogP contribution >= 0.6 is 34.7 Å². The van der Waals surface area contributed by atoms with Crippen LogP contribution in [0.3, 0.4) is 0 Å². The summed E-state index contributed by atoms with van der Waals surface area (Å²) in [4.78, 5) is 57.2. The second kappa shape index (κ2) is 9.16. The number of thiazole rings is 1. The molecule has 3 rings (SSSR count). The Morgan fingerprint density at radius 3 is 3.00 bits per heavy atom. The quantitative estimate of drug-likeness (QED) is 0.120. The minimum absolute atomic E-state index is 0.0458. The molecule has 0 aliphatic carbocycles. The lowest BCUT2D eigenvalue weighted by atomic mass is 10.0. The Morgan fingerprint density at radius 1 is 1.57 bits per heavy atom. The third-order valence-corrected chi connectivity index (χ3v) is 6.38. The van der Waals surface area contributed by atoms with Crippen molar-refractivity contribution in [3.05, 3.63) is 21.8 Å². The fourth-order valence-corrected chi connectivity index (χ4v) is 4.83. The Hall–Kier alpha value is -3.08. The van der Waals surface area contributed by atoms with E-state index in [0.717, 1.165) is 16.2 Å². The van der Waals surface area contributed by atoms with Crippen molar-refractivity contribution >= 4 is 69.7 Å². The maximum absolute atomic E-state index is 12.8. The van der Waals surface area contributed by atoms with Crippen molar-refractivity contribution in [2.75, 3.05) is 17.7 Å². The number of carboxylic acids is 1. The van der Waals surface area contributed by atoms with Crippen LogP contribution in [-0.4, -0.2) is 68.7 Å². The predicted octanol–water partition coefficient (Wildman–Crippen LogP) is 0.000200. The van der Waals surface area contributed by atoms with Crippen molar-refractivity contribution < 1.29 is 29.1 Å². The van der Waals surface area contributed by atoms with Gasteiger partial charge < -0.3 is 20.6 Å². The van der Waals surface area contributed by atoms with E-state index in [1.54, 1.807) is 0 Å². The topological polar surface area (TPSA) is 150 Å². The largest absolute Gasteiger partial charge is 0.477 e. The number of carbonyl (C=O) groups excluding carboxylic acids is 3. The highest BCUT2D eigenvalue weighted by atomic mass is 35.5. The van der Waals surface area contributed by atoms with Gasteiger partial charge in [0, 0.05) is 11.1 Å². The Labute approximate surface area is 182 Å². The maximum Gasteiger partial charge on any atom is 0.353 e. The van der Waals surface area contributed by atoms with Crippen molar-refractivity contribution in [1.29, 1.82) is 0 Å². The molecule has 1 aromatic heterocycles. The van der Waals surface area contributed by atoms with Gasteiger partial charge in [-0.05, 0) is 0 Å². The number of β-lactam (4-membered cyclic amide) rings is 1. The minimum atomic E-state index is -1.33. The number of halogens is 1. The van der Waals surface area contributed by atoms with E-state index in [9.17, 15) is 24.3 Å². The molecule has 0 spiro atoms. The van der Waals surface area contributed by atoms with Gasteiger partial charge in [-0.2, -0.15) is 0 Å². The molecule has 11 nitrogen and oxygen atoms in total. The number of aromatic nitrogens is 1. The highest BCUT2D eigenvalue weighted by Crippen LogP contribution is 2.41. The smallest absolute Gasteiger partial charge is 0.353 e. The van der Waals surface area contributed by atoms with Gasteiger partial charge in [-0.15, -0.1) is 29.5 Å². The number of carboxylic acid groups (broad SMARTS) is 1. The van der Waals surface area contributed by atoms with Crippen molar-refractivity contribution in [1.82, 2.24) is 15.2 Å². The number of rotatable bonds is 8. The number of terminal acetylenes is 1. The van der Waals surface area contributed by atoms with Crippen LogP contribution in [0.25, 0.3) is 0 Å². The normalized spacial score (nSPS) is 20.6. The molecule has 0 saturated carbocycles. The molecule has 156 valence electrons. The van der Waals surface area contributed by atoms with Gasteiger partial charge in [0.05, 0.1) is 5.03 Å². The van der Waals surface area contributed by atoms with Crippen molar-refractivity contribution in [3.8, 4) is 12.3 Å². The number of hydrogen-bond donors (Lipinski definition) is 3. The lowest BCUT2D eigenvalue weighted by Gasteiger charge is -2.48. The van der Waals surface area contributed by atoms with Gasteiger partial charge >= 0.3 is 5.97 Å². The van der Waals surface area contributed by atoms with Crippen molar-refractivity contribution in [2.45, 2.75) is 11.4 Å². The van der Waals surface area contributed by atoms with Crippen LogP contribution in [0.5, 0.6) is 0 Å². The zero-order valence-electron chi connectivity index (χ0n) is 14.8. The molecule has 14 heteroatoms. The van der Waals surface area contributed by atoms with Crippen LogP contribution in [0.2, 0.25) is 0 Å². The first-order chi connectivity index (χ1) is 14.4. The minimum Gasteiger partial charge on any atom is -0.477 e. The summed E-state index contributed by atoms with van der Waals surface area (Å²) in [7, 11) is 0. The molecule has 1 fully saturated rings. The van der Waals surface area contributed by atoms with Crippen LogP contribution in [0.4, 0.5) is 5.13 Å². The molecule has 3 amide bonds. The standard InChI is InChI=1S/C16H12ClN5O6S2/c1-2-3-28-21-9(8-5-30-16(19-8)18-6-23)12(24)20-10-13(25)22-11(15(26)27)7(17)4-29-14(10)22/h1,5-6,10,14H,3-4H2,(H,20,24)(H,26,27)(H,18,19,23)/t10?,14-/m1/s1. The summed E-state index contributed by atoms with van der Waals surface area (Å²) in [6.07, 6.45) is 5.53. The molecule has 0 bridgehead atoms. The van der Waals surface area contributed by atoms with Gasteiger partial charge in [0.2, 0.25) is 6.41 Å². The Balaban J connectivity index is 1.79. The Morgan fingerprint density at radius 2 is 2.33 bits per heavy atom. The fraction of sp³-hybridized carbons (Fsp3) is 0.250. The Kier molecular flexibility index (Phi) is 6.60. The molecule has 1 saturated heterocycles. The number of nitrogens with one attached hydrogen (secondary N) is 2. The molecule has 2 atom stereocenters. The van der Waals surface area contributed by atoms with Crippen LogP contribution in [0.15, 0.2) is 21.3 Å². The van der Waals surface area contributed by atoms with E-state index in [0.29, 0.717) is 6.41 Å². The third-order valence-electron chi connectivity index (χ3n) is 3.86. The monoisotopic (exact) mass is 469 g/mol. The van der Waals surface area contributed by atoms with Gasteiger partial charge in [0.15, 0.2) is 17.5 Å². The van der Waals surface area contributed by atoms with E-state index in [1.165, 1.54) is 17.1 Å². The lowest BCUT2D eigenvalue weighted by Crippen LogP contribution is -2.71. The summed E-state index contributed by atoms with van der Waals surface area (Å²) in [6, 6.07) is -0.995. The molecular formula is C16H12ClN5O6S2. The van der Waals surface area contributed by atoms with Gasteiger partial charge in [0.1, 0.15) is 22.8 Å². The summed E-state index contributed by atoms with van der Waals surface area (Å²) >= 11 is 8.18. The number of nitrogens with zero attached hydrogens (tertiary/aromatic N) is 3. The van der Waals surface area contributed by atoms with E-state index in [-0.39, 0.29) is 39.6 Å². The predicted molar refractivity (Wildman–Crippen MR) is 109 cm³/mol. The summed E-state index contributed by atoms with van der Waals surface area (Å²) < 4.78 is 0. The number of thioether (sulfide) groups is 1. The molecule has 0 radical (unpaired) electrons. The molecule has 2 aliphatic heterocycles. The SMILES string of the molecule is C#CCON=C(C(=O)NC1C(=O)N2C(C(=O)O)=C(Cl)CS[C@H]12)c1csc(NC=O)n1. The zero-order chi connectivity index (χ0) is 21.8. The molecule has 1 aromatic rings. The molecule has 0 aromatic carbocycles. The number of oxime groups is 1. The summed E-state index contributed by atoms with van der Waals surface area (Å²) in [5.41, 5.74) is -0.473. The van der Waals surface area contributed by atoms with Gasteiger partial charge in [-0.1, -0.05) is 22.7 Å². The van der Waals surface area contributed by atoms with Gasteiger partial charge in [0.25, 0.3) is 11.8 Å². The number of anilines is 1. The number of hydrogen-bond acceptors (Lipinski definition) is 9. The molecule has 1 unspecified atom stereocenters. The summed E-state index contributed by atoms with van der Waals surface area (Å²) in [5, 5.41) is 18.9. The van der Waals surface area contributed by atoms with Crippen LogP contribution < -0.4 is 10.6 Å². The van der Waals surface area contributed by atoms with Crippen molar-refractivity contribution in [2.24, 2.45) is 5.16 Å². The highest BCUT2D eigenvalue weighted by molar-refractivity contribution is 8.00. The molecule has 30 heavy (non-hydrogen) atoms.